The second kappa shape index (κ2) is 11.4. The molecule has 2 aromatic rings. The molecule has 2 amide bonds. The van der Waals surface area contributed by atoms with Crippen LogP contribution in [-0.4, -0.2) is 50.5 Å². The Balaban J connectivity index is 2.42. The van der Waals surface area contributed by atoms with Crippen molar-refractivity contribution in [2.45, 2.75) is 26.4 Å². The van der Waals surface area contributed by atoms with Crippen LogP contribution in [0.15, 0.2) is 46.9 Å². The minimum atomic E-state index is -3.88. The highest BCUT2D eigenvalue weighted by atomic mass is 79.9. The summed E-state index contributed by atoms with van der Waals surface area (Å²) in [4.78, 5) is 27.2. The summed E-state index contributed by atoms with van der Waals surface area (Å²) >= 11 is 15.6. The number of benzene rings is 2. The van der Waals surface area contributed by atoms with Crippen molar-refractivity contribution in [2.75, 3.05) is 23.7 Å². The van der Waals surface area contributed by atoms with Crippen molar-refractivity contribution in [3.63, 3.8) is 0 Å². The second-order valence-corrected chi connectivity index (χ2v) is 10.7. The molecule has 11 heteroatoms. The molecule has 0 aromatic heterocycles. The first kappa shape index (κ1) is 26.4. The zero-order valence-corrected chi connectivity index (χ0v) is 21.7. The Bertz CT molecular complexity index is 1080. The van der Waals surface area contributed by atoms with Crippen molar-refractivity contribution in [3.8, 4) is 0 Å². The van der Waals surface area contributed by atoms with Crippen LogP contribution in [-0.2, 0) is 26.2 Å². The van der Waals surface area contributed by atoms with E-state index in [1.54, 1.807) is 19.9 Å². The minimum Gasteiger partial charge on any atom is -0.355 e. The van der Waals surface area contributed by atoms with Crippen LogP contribution in [0.2, 0.25) is 10.0 Å². The van der Waals surface area contributed by atoms with Gasteiger partial charge in [-0.3, -0.25) is 13.9 Å². The Morgan fingerprint density at radius 1 is 1.12 bits per heavy atom. The molecule has 7 nitrogen and oxygen atoms in total. The Labute approximate surface area is 206 Å². The quantitative estimate of drug-likeness (QED) is 0.497. The molecule has 0 aliphatic rings. The van der Waals surface area contributed by atoms with E-state index in [0.717, 1.165) is 20.6 Å². The van der Waals surface area contributed by atoms with Crippen molar-refractivity contribution in [2.24, 2.45) is 0 Å². The van der Waals surface area contributed by atoms with E-state index < -0.39 is 28.5 Å². The van der Waals surface area contributed by atoms with Gasteiger partial charge in [-0.1, -0.05) is 57.3 Å². The summed E-state index contributed by atoms with van der Waals surface area (Å²) in [5.41, 5.74) is 0.869. The summed E-state index contributed by atoms with van der Waals surface area (Å²) in [5.74, 6) is -0.905. The predicted octanol–water partition coefficient (Wildman–Crippen LogP) is 4.08. The van der Waals surface area contributed by atoms with E-state index in [-0.39, 0.29) is 28.2 Å². The lowest BCUT2D eigenvalue weighted by molar-refractivity contribution is -0.139. The molecule has 1 N–H and O–H groups in total. The Kier molecular flexibility index (Phi) is 9.39. The SMILES string of the molecule is CCNC(=O)[C@@H](C)N(Cc1ccc(Br)cc1)C(=O)CN(c1cccc(Cl)c1Cl)S(C)(=O)=O. The van der Waals surface area contributed by atoms with Crippen LogP contribution in [0.4, 0.5) is 5.69 Å². The predicted molar refractivity (Wildman–Crippen MR) is 131 cm³/mol. The highest BCUT2D eigenvalue weighted by molar-refractivity contribution is 9.10. The molecule has 1 atom stereocenters. The molecule has 0 unspecified atom stereocenters. The number of carbonyl (C=O) groups is 2. The Hall–Kier alpha value is -1.81. The van der Waals surface area contributed by atoms with E-state index in [0.29, 0.717) is 6.54 Å². The molecule has 0 saturated heterocycles. The number of nitrogens with zero attached hydrogens (tertiary/aromatic N) is 2. The first-order valence-electron chi connectivity index (χ1n) is 9.69. The first-order chi connectivity index (χ1) is 15.0. The number of halogens is 3. The van der Waals surface area contributed by atoms with Crippen molar-refractivity contribution >= 4 is 66.7 Å². The third-order valence-electron chi connectivity index (χ3n) is 4.66. The summed E-state index contributed by atoms with van der Waals surface area (Å²) in [6.45, 7) is 3.35. The van der Waals surface area contributed by atoms with Crippen LogP contribution in [0.5, 0.6) is 0 Å². The van der Waals surface area contributed by atoms with E-state index in [9.17, 15) is 18.0 Å². The van der Waals surface area contributed by atoms with Gasteiger partial charge in [-0.05, 0) is 43.7 Å². The molecule has 0 radical (unpaired) electrons. The number of amides is 2. The van der Waals surface area contributed by atoms with Crippen molar-refractivity contribution in [1.29, 1.82) is 0 Å². The fourth-order valence-corrected chi connectivity index (χ4v) is 4.54. The highest BCUT2D eigenvalue weighted by Crippen LogP contribution is 2.33. The molecule has 2 aromatic carbocycles. The number of sulfonamides is 1. The average molecular weight is 565 g/mol. The summed E-state index contributed by atoms with van der Waals surface area (Å²) in [5, 5.41) is 2.87. The average Bonchev–Trinajstić information content (AvgIpc) is 2.72. The van der Waals surface area contributed by atoms with Gasteiger partial charge in [0.2, 0.25) is 21.8 Å². The smallest absolute Gasteiger partial charge is 0.244 e. The topological polar surface area (TPSA) is 86.8 Å². The minimum absolute atomic E-state index is 0.0172. The molecule has 0 fully saturated rings. The standard InChI is InChI=1S/C21H24BrCl2N3O4S/c1-4-25-21(29)14(2)26(12-15-8-10-16(22)11-9-15)19(28)13-27(32(3,30)31)18-7-5-6-17(23)20(18)24/h5-11,14H,4,12-13H2,1-3H3,(H,25,29)/t14-/m1/s1. The summed E-state index contributed by atoms with van der Waals surface area (Å²) < 4.78 is 26.8. The van der Waals surface area contributed by atoms with Crippen LogP contribution in [0.25, 0.3) is 0 Å². The molecule has 0 aliphatic heterocycles. The van der Waals surface area contributed by atoms with Gasteiger partial charge in [0.05, 0.1) is 22.0 Å². The van der Waals surface area contributed by atoms with Gasteiger partial charge in [0.25, 0.3) is 0 Å². The number of hydrogen-bond acceptors (Lipinski definition) is 4. The lowest BCUT2D eigenvalue weighted by Gasteiger charge is -2.31. The van der Waals surface area contributed by atoms with Crippen LogP contribution < -0.4 is 9.62 Å². The fourth-order valence-electron chi connectivity index (χ4n) is 2.97. The van der Waals surface area contributed by atoms with Crippen molar-refractivity contribution in [3.05, 3.63) is 62.5 Å². The molecule has 174 valence electrons. The van der Waals surface area contributed by atoms with Gasteiger partial charge in [-0.25, -0.2) is 8.42 Å². The van der Waals surface area contributed by atoms with Gasteiger partial charge in [0.15, 0.2) is 0 Å². The number of hydrogen-bond donors (Lipinski definition) is 1. The monoisotopic (exact) mass is 563 g/mol. The zero-order valence-electron chi connectivity index (χ0n) is 17.8. The molecule has 0 heterocycles. The van der Waals surface area contributed by atoms with Crippen LogP contribution in [0.1, 0.15) is 19.4 Å². The third kappa shape index (κ3) is 6.84. The maximum atomic E-state index is 13.3. The summed E-state index contributed by atoms with van der Waals surface area (Å²) in [7, 11) is -3.88. The van der Waals surface area contributed by atoms with Gasteiger partial charge in [0.1, 0.15) is 12.6 Å². The number of anilines is 1. The normalized spacial score (nSPS) is 12.2. The number of carbonyl (C=O) groups excluding carboxylic acids is 2. The maximum absolute atomic E-state index is 13.3. The molecule has 2 rings (SSSR count). The van der Waals surface area contributed by atoms with Crippen LogP contribution >= 0.6 is 39.1 Å². The lowest BCUT2D eigenvalue weighted by Crippen LogP contribution is -2.51. The maximum Gasteiger partial charge on any atom is 0.244 e. The van der Waals surface area contributed by atoms with Gasteiger partial charge in [0, 0.05) is 17.6 Å². The number of likely N-dealkylation sites (N-methyl/N-ethyl adjacent to an activating group) is 1. The molecule has 0 bridgehead atoms. The van der Waals surface area contributed by atoms with Gasteiger partial charge < -0.3 is 10.2 Å². The van der Waals surface area contributed by atoms with Crippen molar-refractivity contribution in [1.82, 2.24) is 10.2 Å². The Morgan fingerprint density at radius 2 is 1.75 bits per heavy atom. The number of rotatable bonds is 9. The third-order valence-corrected chi connectivity index (χ3v) is 7.13. The van der Waals surface area contributed by atoms with Gasteiger partial charge in [-0.15, -0.1) is 0 Å². The van der Waals surface area contributed by atoms with E-state index in [1.165, 1.54) is 17.0 Å². The molecule has 32 heavy (non-hydrogen) atoms. The van der Waals surface area contributed by atoms with Crippen LogP contribution in [0, 0.1) is 0 Å². The van der Waals surface area contributed by atoms with Crippen LogP contribution in [0.3, 0.4) is 0 Å². The molecule has 0 aliphatic carbocycles. The van der Waals surface area contributed by atoms with E-state index in [2.05, 4.69) is 21.2 Å². The summed E-state index contributed by atoms with van der Waals surface area (Å²) in [6, 6.07) is 11.0. The van der Waals surface area contributed by atoms with Gasteiger partial charge in [-0.2, -0.15) is 0 Å². The van der Waals surface area contributed by atoms with E-state index in [4.69, 9.17) is 23.2 Å². The van der Waals surface area contributed by atoms with Crippen molar-refractivity contribution < 1.29 is 18.0 Å². The number of nitrogens with one attached hydrogen (secondary N) is 1. The fraction of sp³-hybridized carbons (Fsp3) is 0.333. The highest BCUT2D eigenvalue weighted by Gasteiger charge is 2.30. The van der Waals surface area contributed by atoms with Gasteiger partial charge >= 0.3 is 0 Å². The molecule has 0 saturated carbocycles. The van der Waals surface area contributed by atoms with E-state index in [1.807, 2.05) is 24.3 Å². The largest absolute Gasteiger partial charge is 0.355 e. The lowest BCUT2D eigenvalue weighted by atomic mass is 10.1. The zero-order chi connectivity index (χ0) is 24.1. The molecular formula is C21H24BrCl2N3O4S. The molecule has 0 spiro atoms. The van der Waals surface area contributed by atoms with E-state index >= 15 is 0 Å². The molecular weight excluding hydrogens is 541 g/mol. The Morgan fingerprint density at radius 3 is 2.31 bits per heavy atom. The first-order valence-corrected chi connectivity index (χ1v) is 13.1. The summed E-state index contributed by atoms with van der Waals surface area (Å²) in [6.07, 6.45) is 0.976. The second-order valence-electron chi connectivity index (χ2n) is 7.06.